The Balaban J connectivity index is 2.07. The van der Waals surface area contributed by atoms with Crippen molar-refractivity contribution in [1.82, 2.24) is 14.7 Å². The average Bonchev–Trinajstić information content (AvgIpc) is 3.01. The molecular formula is C18H23N3O. The van der Waals surface area contributed by atoms with Crippen LogP contribution in [0.4, 0.5) is 0 Å². The maximum Gasteiger partial charge on any atom is 0.227 e. The smallest absolute Gasteiger partial charge is 0.227 e. The average molecular weight is 297 g/mol. The van der Waals surface area contributed by atoms with Gasteiger partial charge in [0.25, 0.3) is 0 Å². The van der Waals surface area contributed by atoms with Gasteiger partial charge in [-0.25, -0.2) is 0 Å². The first-order chi connectivity index (χ1) is 10.6. The summed E-state index contributed by atoms with van der Waals surface area (Å²) in [6, 6.07) is 10.0. The van der Waals surface area contributed by atoms with Gasteiger partial charge in [-0.3, -0.25) is 9.48 Å². The number of hydrogen-bond donors (Lipinski definition) is 0. The highest BCUT2D eigenvalue weighted by Crippen LogP contribution is 2.14. The minimum Gasteiger partial charge on any atom is -0.334 e. The van der Waals surface area contributed by atoms with Gasteiger partial charge >= 0.3 is 0 Å². The van der Waals surface area contributed by atoms with E-state index in [0.29, 0.717) is 19.6 Å². The lowest BCUT2D eigenvalue weighted by atomic mass is 10.1. The third kappa shape index (κ3) is 4.07. The van der Waals surface area contributed by atoms with Crippen LogP contribution in [0.5, 0.6) is 0 Å². The van der Waals surface area contributed by atoms with Gasteiger partial charge in [0.2, 0.25) is 5.91 Å². The molecule has 1 aromatic heterocycles. The number of rotatable bonds is 7. The van der Waals surface area contributed by atoms with Crippen molar-refractivity contribution in [3.63, 3.8) is 0 Å². The Kier molecular flexibility index (Phi) is 5.53. The molecule has 0 radical (unpaired) electrons. The fourth-order valence-corrected chi connectivity index (χ4v) is 2.46. The number of carbonyl (C=O) groups excluding carboxylic acids is 1. The summed E-state index contributed by atoms with van der Waals surface area (Å²) in [6.07, 6.45) is 5.38. The Morgan fingerprint density at radius 2 is 2.18 bits per heavy atom. The molecule has 0 bridgehead atoms. The molecule has 0 unspecified atom stereocenters. The second-order valence-electron chi connectivity index (χ2n) is 5.56. The van der Waals surface area contributed by atoms with E-state index in [4.69, 9.17) is 0 Å². The van der Waals surface area contributed by atoms with Crippen molar-refractivity contribution in [1.29, 1.82) is 0 Å². The van der Waals surface area contributed by atoms with Gasteiger partial charge in [-0.1, -0.05) is 37.3 Å². The fourth-order valence-electron chi connectivity index (χ4n) is 2.46. The van der Waals surface area contributed by atoms with E-state index in [1.165, 1.54) is 11.1 Å². The molecule has 0 N–H and O–H groups in total. The summed E-state index contributed by atoms with van der Waals surface area (Å²) >= 11 is 0. The molecule has 0 saturated heterocycles. The van der Waals surface area contributed by atoms with E-state index in [1.54, 1.807) is 17.0 Å². The fraction of sp³-hybridized carbons (Fsp3) is 0.333. The van der Waals surface area contributed by atoms with Crippen molar-refractivity contribution in [2.45, 2.75) is 26.9 Å². The monoisotopic (exact) mass is 297 g/mol. The predicted molar refractivity (Wildman–Crippen MR) is 88.2 cm³/mol. The van der Waals surface area contributed by atoms with Crippen LogP contribution in [-0.4, -0.2) is 27.1 Å². The SMILES string of the molecule is C=CCN(Cc1ccccc1C)C(=O)[C@@H](C)Cn1cccn1. The molecule has 0 aliphatic heterocycles. The van der Waals surface area contributed by atoms with E-state index in [0.717, 1.165) is 0 Å². The Morgan fingerprint density at radius 3 is 2.82 bits per heavy atom. The molecular weight excluding hydrogens is 274 g/mol. The van der Waals surface area contributed by atoms with Gasteiger partial charge in [0.15, 0.2) is 0 Å². The molecule has 0 aliphatic rings. The van der Waals surface area contributed by atoms with E-state index < -0.39 is 0 Å². The molecule has 1 heterocycles. The Bertz CT molecular complexity index is 619. The number of nitrogens with zero attached hydrogens (tertiary/aromatic N) is 3. The Hall–Kier alpha value is -2.36. The molecule has 0 aliphatic carbocycles. The number of aryl methyl sites for hydroxylation is 1. The van der Waals surface area contributed by atoms with Crippen LogP contribution in [0.25, 0.3) is 0 Å². The van der Waals surface area contributed by atoms with Crippen LogP contribution in [0.1, 0.15) is 18.1 Å². The minimum atomic E-state index is -0.121. The van der Waals surface area contributed by atoms with E-state index in [1.807, 2.05) is 36.2 Å². The molecule has 116 valence electrons. The predicted octanol–water partition coefficient (Wildman–Crippen LogP) is 3.04. The maximum absolute atomic E-state index is 12.7. The van der Waals surface area contributed by atoms with Gasteiger partial charge in [0, 0.05) is 25.5 Å². The summed E-state index contributed by atoms with van der Waals surface area (Å²) in [4.78, 5) is 14.6. The van der Waals surface area contributed by atoms with Gasteiger partial charge in [0.1, 0.15) is 0 Å². The van der Waals surface area contributed by atoms with Crippen LogP contribution in [0.15, 0.2) is 55.4 Å². The molecule has 4 heteroatoms. The van der Waals surface area contributed by atoms with E-state index in [-0.39, 0.29) is 11.8 Å². The van der Waals surface area contributed by atoms with Crippen molar-refractivity contribution in [3.8, 4) is 0 Å². The van der Waals surface area contributed by atoms with Crippen molar-refractivity contribution in [3.05, 3.63) is 66.5 Å². The maximum atomic E-state index is 12.7. The van der Waals surface area contributed by atoms with Gasteiger partial charge in [-0.05, 0) is 24.1 Å². The van der Waals surface area contributed by atoms with Gasteiger partial charge in [0.05, 0.1) is 12.5 Å². The van der Waals surface area contributed by atoms with E-state index in [9.17, 15) is 4.79 Å². The minimum absolute atomic E-state index is 0.121. The normalized spacial score (nSPS) is 11.9. The third-order valence-corrected chi connectivity index (χ3v) is 3.73. The van der Waals surface area contributed by atoms with Crippen LogP contribution in [0, 0.1) is 12.8 Å². The highest BCUT2D eigenvalue weighted by atomic mass is 16.2. The van der Waals surface area contributed by atoms with Crippen LogP contribution in [0.2, 0.25) is 0 Å². The van der Waals surface area contributed by atoms with Gasteiger partial charge < -0.3 is 4.90 Å². The highest BCUT2D eigenvalue weighted by Gasteiger charge is 2.20. The number of aromatic nitrogens is 2. The van der Waals surface area contributed by atoms with Crippen LogP contribution in [-0.2, 0) is 17.9 Å². The summed E-state index contributed by atoms with van der Waals surface area (Å²) in [5, 5.41) is 4.17. The molecule has 1 amide bonds. The lowest BCUT2D eigenvalue weighted by molar-refractivity contribution is -0.135. The molecule has 0 saturated carbocycles. The first kappa shape index (κ1) is 16.0. The van der Waals surface area contributed by atoms with Crippen LogP contribution < -0.4 is 0 Å². The summed E-state index contributed by atoms with van der Waals surface area (Å²) in [5.74, 6) is 0.00233. The zero-order chi connectivity index (χ0) is 15.9. The molecule has 22 heavy (non-hydrogen) atoms. The van der Waals surface area contributed by atoms with Crippen LogP contribution in [0.3, 0.4) is 0 Å². The molecule has 1 aromatic carbocycles. The molecule has 1 atom stereocenters. The van der Waals surface area contributed by atoms with Crippen molar-refractivity contribution < 1.29 is 4.79 Å². The topological polar surface area (TPSA) is 38.1 Å². The number of carbonyl (C=O) groups is 1. The quantitative estimate of drug-likeness (QED) is 0.737. The molecule has 2 aromatic rings. The molecule has 2 rings (SSSR count). The zero-order valence-electron chi connectivity index (χ0n) is 13.3. The molecule has 4 nitrogen and oxygen atoms in total. The number of hydrogen-bond acceptors (Lipinski definition) is 2. The van der Waals surface area contributed by atoms with Gasteiger partial charge in [-0.15, -0.1) is 6.58 Å². The summed E-state index contributed by atoms with van der Waals surface area (Å²) in [5.41, 5.74) is 2.37. The van der Waals surface area contributed by atoms with Crippen molar-refractivity contribution in [2.24, 2.45) is 5.92 Å². The second-order valence-corrected chi connectivity index (χ2v) is 5.56. The van der Waals surface area contributed by atoms with Crippen molar-refractivity contribution in [2.75, 3.05) is 6.54 Å². The summed E-state index contributed by atoms with van der Waals surface area (Å²) in [7, 11) is 0. The largest absolute Gasteiger partial charge is 0.334 e. The van der Waals surface area contributed by atoms with Crippen LogP contribution >= 0.6 is 0 Å². The first-order valence-corrected chi connectivity index (χ1v) is 7.53. The molecule has 0 spiro atoms. The Labute approximate surface area is 132 Å². The Morgan fingerprint density at radius 1 is 1.41 bits per heavy atom. The number of benzene rings is 1. The molecule has 0 fully saturated rings. The van der Waals surface area contributed by atoms with Crippen molar-refractivity contribution >= 4 is 5.91 Å². The lowest BCUT2D eigenvalue weighted by Gasteiger charge is -2.25. The summed E-state index contributed by atoms with van der Waals surface area (Å²) < 4.78 is 1.79. The zero-order valence-corrected chi connectivity index (χ0v) is 13.3. The van der Waals surface area contributed by atoms with E-state index >= 15 is 0 Å². The standard InChI is InChI=1S/C18H23N3O/c1-4-11-20(14-17-9-6-5-8-15(17)2)18(22)16(3)13-21-12-7-10-19-21/h4-10,12,16H,1,11,13-14H2,2-3H3/t16-/m0/s1. The second kappa shape index (κ2) is 7.59. The van der Waals surface area contributed by atoms with E-state index in [2.05, 4.69) is 30.7 Å². The highest BCUT2D eigenvalue weighted by molar-refractivity contribution is 5.78. The summed E-state index contributed by atoms with van der Waals surface area (Å²) in [6.45, 7) is 9.54. The first-order valence-electron chi connectivity index (χ1n) is 7.53. The van der Waals surface area contributed by atoms with Gasteiger partial charge in [-0.2, -0.15) is 5.10 Å². The third-order valence-electron chi connectivity index (χ3n) is 3.73. The number of amides is 1. The lowest BCUT2D eigenvalue weighted by Crippen LogP contribution is -2.36.